The highest BCUT2D eigenvalue weighted by atomic mass is 35.5. The minimum atomic E-state index is -4.55. The molecule has 0 aliphatic heterocycles. The number of likely N-dealkylation sites (N-methyl/N-ethyl adjacent to an activating group) is 2. The minimum absolute atomic E-state index is 0.0163. The van der Waals surface area contributed by atoms with Crippen LogP contribution in [0, 0.1) is 0 Å². The van der Waals surface area contributed by atoms with Gasteiger partial charge >= 0.3 is 6.18 Å². The molecule has 0 heterocycles. The summed E-state index contributed by atoms with van der Waals surface area (Å²) in [6.07, 6.45) is -4.04. The van der Waals surface area contributed by atoms with Gasteiger partial charge in [0.15, 0.2) is 0 Å². The molecule has 0 radical (unpaired) electrons. The van der Waals surface area contributed by atoms with Crippen molar-refractivity contribution in [2.75, 3.05) is 20.6 Å². The fourth-order valence-electron chi connectivity index (χ4n) is 2.44. The highest BCUT2D eigenvalue weighted by molar-refractivity contribution is 6.42. The van der Waals surface area contributed by atoms with Crippen molar-refractivity contribution in [2.24, 2.45) is 0 Å². The monoisotopic (exact) mass is 382 g/mol. The predicted molar refractivity (Wildman–Crippen MR) is 90.3 cm³/mol. The molecule has 0 fully saturated rings. The predicted octanol–water partition coefficient (Wildman–Crippen LogP) is 4.40. The topological polar surface area (TPSA) is 32.3 Å². The highest BCUT2D eigenvalue weighted by Gasteiger charge is 2.36. The number of halogens is 5. The van der Waals surface area contributed by atoms with Crippen LogP contribution < -0.4 is 5.32 Å². The standard InChI is InChI=1S/C16H19Cl2F3N2O/c1-4-7-15(22-2,11-5-6-12(17)13(18)8-11)10-23(3)14(24)9-16(19,20)21/h4-6,8,22H,1,7,9-10H2,2-3H3. The molecule has 1 N–H and O–H groups in total. The number of benzene rings is 1. The molecule has 0 bridgehead atoms. The van der Waals surface area contributed by atoms with Gasteiger partial charge in [-0.25, -0.2) is 0 Å². The Morgan fingerprint density at radius 2 is 1.96 bits per heavy atom. The van der Waals surface area contributed by atoms with Gasteiger partial charge in [0.1, 0.15) is 6.42 Å². The Kier molecular flexibility index (Phi) is 7.13. The van der Waals surface area contributed by atoms with E-state index in [1.165, 1.54) is 7.05 Å². The number of nitrogens with zero attached hydrogens (tertiary/aromatic N) is 1. The van der Waals surface area contributed by atoms with Gasteiger partial charge < -0.3 is 10.2 Å². The lowest BCUT2D eigenvalue weighted by molar-refractivity contribution is -0.161. The van der Waals surface area contributed by atoms with E-state index in [1.807, 2.05) is 0 Å². The van der Waals surface area contributed by atoms with Gasteiger partial charge in [-0.15, -0.1) is 6.58 Å². The summed E-state index contributed by atoms with van der Waals surface area (Å²) in [5, 5.41) is 3.77. The maximum atomic E-state index is 12.4. The molecule has 1 aromatic carbocycles. The number of hydrogen-bond acceptors (Lipinski definition) is 2. The van der Waals surface area contributed by atoms with Crippen LogP contribution in [0.1, 0.15) is 18.4 Å². The Morgan fingerprint density at radius 1 is 1.33 bits per heavy atom. The molecule has 1 aromatic rings. The van der Waals surface area contributed by atoms with Crippen molar-refractivity contribution < 1.29 is 18.0 Å². The molecule has 8 heteroatoms. The van der Waals surface area contributed by atoms with Crippen LogP contribution in [0.25, 0.3) is 0 Å². The van der Waals surface area contributed by atoms with E-state index in [4.69, 9.17) is 23.2 Å². The van der Waals surface area contributed by atoms with Gasteiger partial charge in [-0.1, -0.05) is 35.3 Å². The molecular weight excluding hydrogens is 364 g/mol. The van der Waals surface area contributed by atoms with Gasteiger partial charge in [-0.3, -0.25) is 4.79 Å². The SMILES string of the molecule is C=CCC(CN(C)C(=O)CC(F)(F)F)(NC)c1ccc(Cl)c(Cl)c1. The number of alkyl halides is 3. The smallest absolute Gasteiger partial charge is 0.343 e. The second-order valence-corrected chi connectivity index (χ2v) is 6.31. The van der Waals surface area contributed by atoms with Gasteiger partial charge in [0.2, 0.25) is 5.91 Å². The summed E-state index contributed by atoms with van der Waals surface area (Å²) in [6.45, 7) is 3.70. The molecule has 134 valence electrons. The Morgan fingerprint density at radius 3 is 2.42 bits per heavy atom. The van der Waals surface area contributed by atoms with Gasteiger partial charge in [-0.05, 0) is 31.2 Å². The second-order valence-electron chi connectivity index (χ2n) is 5.50. The van der Waals surface area contributed by atoms with E-state index in [0.29, 0.717) is 22.0 Å². The fraction of sp³-hybridized carbons (Fsp3) is 0.438. The first kappa shape index (κ1) is 20.8. The van der Waals surface area contributed by atoms with Crippen LogP contribution in [-0.2, 0) is 10.3 Å². The van der Waals surface area contributed by atoms with Crippen molar-refractivity contribution in [1.82, 2.24) is 10.2 Å². The van der Waals surface area contributed by atoms with Gasteiger partial charge in [0.05, 0.1) is 15.6 Å². The van der Waals surface area contributed by atoms with E-state index < -0.39 is 24.0 Å². The molecule has 1 rings (SSSR count). The maximum absolute atomic E-state index is 12.4. The lowest BCUT2D eigenvalue weighted by atomic mass is 9.86. The normalized spacial score (nSPS) is 14.1. The van der Waals surface area contributed by atoms with Gasteiger partial charge in [0, 0.05) is 13.6 Å². The summed E-state index contributed by atoms with van der Waals surface area (Å²) < 4.78 is 37.3. The molecule has 1 amide bonds. The van der Waals surface area contributed by atoms with Crippen molar-refractivity contribution in [3.05, 3.63) is 46.5 Å². The molecular formula is C16H19Cl2F3N2O. The van der Waals surface area contributed by atoms with Crippen LogP contribution in [0.4, 0.5) is 13.2 Å². The largest absolute Gasteiger partial charge is 0.397 e. The van der Waals surface area contributed by atoms with Crippen molar-refractivity contribution in [2.45, 2.75) is 24.6 Å². The Labute approximate surface area is 149 Å². The first-order valence-corrected chi connectivity index (χ1v) is 7.86. The van der Waals surface area contributed by atoms with Crippen LogP contribution in [0.15, 0.2) is 30.9 Å². The van der Waals surface area contributed by atoms with E-state index in [0.717, 1.165) is 4.90 Å². The highest BCUT2D eigenvalue weighted by Crippen LogP contribution is 2.32. The molecule has 1 unspecified atom stereocenters. The van der Waals surface area contributed by atoms with Gasteiger partial charge in [0.25, 0.3) is 0 Å². The van der Waals surface area contributed by atoms with Crippen LogP contribution in [0.3, 0.4) is 0 Å². The van der Waals surface area contributed by atoms with Crippen molar-refractivity contribution in [1.29, 1.82) is 0 Å². The van der Waals surface area contributed by atoms with Crippen molar-refractivity contribution in [3.63, 3.8) is 0 Å². The average Bonchev–Trinajstić information content (AvgIpc) is 2.47. The summed E-state index contributed by atoms with van der Waals surface area (Å²) >= 11 is 12.0. The molecule has 24 heavy (non-hydrogen) atoms. The Bertz CT molecular complexity index is 607. The summed E-state index contributed by atoms with van der Waals surface area (Å²) in [6, 6.07) is 4.95. The zero-order valence-electron chi connectivity index (χ0n) is 13.4. The van der Waals surface area contributed by atoms with Gasteiger partial charge in [-0.2, -0.15) is 13.2 Å². The Balaban J connectivity index is 3.13. The summed E-state index contributed by atoms with van der Waals surface area (Å²) in [5.41, 5.74) is -0.127. The first-order valence-electron chi connectivity index (χ1n) is 7.10. The zero-order valence-corrected chi connectivity index (χ0v) is 14.9. The van der Waals surface area contributed by atoms with E-state index in [9.17, 15) is 18.0 Å². The lowest BCUT2D eigenvalue weighted by Crippen LogP contribution is -2.50. The maximum Gasteiger partial charge on any atom is 0.397 e. The summed E-state index contributed by atoms with van der Waals surface area (Å²) in [7, 11) is 2.99. The third kappa shape index (κ3) is 5.40. The number of hydrogen-bond donors (Lipinski definition) is 1. The molecule has 0 aromatic heterocycles. The number of carbonyl (C=O) groups excluding carboxylic acids is 1. The Hall–Kier alpha value is -1.24. The molecule has 0 saturated heterocycles. The fourth-order valence-corrected chi connectivity index (χ4v) is 2.74. The van der Waals surface area contributed by atoms with E-state index in [1.54, 1.807) is 31.3 Å². The third-order valence-electron chi connectivity index (χ3n) is 3.73. The van der Waals surface area contributed by atoms with Crippen LogP contribution >= 0.6 is 23.2 Å². The summed E-state index contributed by atoms with van der Waals surface area (Å²) in [4.78, 5) is 12.9. The van der Waals surface area contributed by atoms with Crippen molar-refractivity contribution in [3.8, 4) is 0 Å². The third-order valence-corrected chi connectivity index (χ3v) is 4.47. The summed E-state index contributed by atoms with van der Waals surface area (Å²) in [5.74, 6) is -1.01. The molecule has 1 atom stereocenters. The number of carbonyl (C=O) groups is 1. The van der Waals surface area contributed by atoms with E-state index >= 15 is 0 Å². The zero-order chi connectivity index (χ0) is 18.5. The van der Waals surface area contributed by atoms with Crippen LogP contribution in [0.2, 0.25) is 10.0 Å². The molecule has 0 aliphatic rings. The van der Waals surface area contributed by atoms with Crippen molar-refractivity contribution >= 4 is 29.1 Å². The number of nitrogens with one attached hydrogen (secondary N) is 1. The number of rotatable bonds is 7. The second kappa shape index (κ2) is 8.23. The quantitative estimate of drug-likeness (QED) is 0.709. The van der Waals surface area contributed by atoms with E-state index in [-0.39, 0.29) is 6.54 Å². The molecule has 0 aliphatic carbocycles. The molecule has 0 spiro atoms. The lowest BCUT2D eigenvalue weighted by Gasteiger charge is -2.37. The molecule has 0 saturated carbocycles. The molecule has 3 nitrogen and oxygen atoms in total. The van der Waals surface area contributed by atoms with E-state index in [2.05, 4.69) is 11.9 Å². The number of amides is 1. The first-order chi connectivity index (χ1) is 11.0. The average molecular weight is 383 g/mol. The minimum Gasteiger partial charge on any atom is -0.343 e. The van der Waals surface area contributed by atoms with Crippen LogP contribution in [0.5, 0.6) is 0 Å². The van der Waals surface area contributed by atoms with Crippen LogP contribution in [-0.4, -0.2) is 37.6 Å².